The van der Waals surface area contributed by atoms with Gasteiger partial charge in [-0.1, -0.05) is 6.07 Å². The molecule has 5 heteroatoms. The Labute approximate surface area is 160 Å². The molecule has 0 saturated heterocycles. The zero-order chi connectivity index (χ0) is 18.6. The molecule has 144 valence electrons. The van der Waals surface area contributed by atoms with Crippen LogP contribution in [0.4, 0.5) is 0 Å². The fourth-order valence-corrected chi connectivity index (χ4v) is 6.54. The third-order valence-corrected chi connectivity index (χ3v) is 7.09. The molecule has 1 unspecified atom stereocenters. The second-order valence-corrected chi connectivity index (χ2v) is 9.65. The lowest BCUT2D eigenvalue weighted by Gasteiger charge is -2.56. The van der Waals surface area contributed by atoms with Crippen molar-refractivity contribution >= 4 is 11.6 Å². The molecular weight excluding hydrogens is 336 g/mol. The molecule has 1 atom stereocenters. The highest BCUT2D eigenvalue weighted by molar-refractivity contribution is 5.93. The molecule has 4 bridgehead atoms. The third kappa shape index (κ3) is 3.16. The van der Waals surface area contributed by atoms with Crippen molar-refractivity contribution in [3.05, 3.63) is 35.8 Å². The molecule has 2 aromatic heterocycles. The van der Waals surface area contributed by atoms with Crippen LogP contribution in [-0.4, -0.2) is 27.9 Å². The number of nitrogens with two attached hydrogens (primary N) is 1. The Morgan fingerprint density at radius 1 is 1.26 bits per heavy atom. The summed E-state index contributed by atoms with van der Waals surface area (Å²) in [5, 5.41) is 3.29. The molecule has 6 rings (SSSR count). The van der Waals surface area contributed by atoms with E-state index in [4.69, 9.17) is 5.73 Å². The van der Waals surface area contributed by atoms with E-state index >= 15 is 0 Å². The normalized spacial score (nSPS) is 32.7. The summed E-state index contributed by atoms with van der Waals surface area (Å²) in [5.41, 5.74) is 8.68. The summed E-state index contributed by atoms with van der Waals surface area (Å²) < 4.78 is 1.91. The highest BCUT2D eigenvalue weighted by Crippen LogP contribution is 2.59. The van der Waals surface area contributed by atoms with Gasteiger partial charge in [-0.05, 0) is 80.8 Å². The Hall–Kier alpha value is -1.88. The van der Waals surface area contributed by atoms with Gasteiger partial charge in [0.25, 0.3) is 5.91 Å². The lowest BCUT2D eigenvalue weighted by Crippen LogP contribution is -2.51. The first kappa shape index (κ1) is 17.2. The van der Waals surface area contributed by atoms with E-state index in [-0.39, 0.29) is 11.9 Å². The van der Waals surface area contributed by atoms with Crippen molar-refractivity contribution < 1.29 is 4.79 Å². The summed E-state index contributed by atoms with van der Waals surface area (Å²) in [6, 6.07) is 5.81. The molecule has 1 amide bonds. The molecule has 4 fully saturated rings. The molecule has 2 aromatic rings. The topological polar surface area (TPSA) is 72.4 Å². The van der Waals surface area contributed by atoms with Crippen LogP contribution in [0.1, 0.15) is 61.6 Å². The largest absolute Gasteiger partial charge is 0.350 e. The van der Waals surface area contributed by atoms with Crippen LogP contribution in [0.15, 0.2) is 24.4 Å². The molecule has 0 aromatic carbocycles. The van der Waals surface area contributed by atoms with Gasteiger partial charge in [-0.15, -0.1) is 0 Å². The third-order valence-electron chi connectivity index (χ3n) is 7.09. The van der Waals surface area contributed by atoms with Crippen LogP contribution in [0.5, 0.6) is 0 Å². The number of nitrogens with zero attached hydrogens (tertiary/aromatic N) is 2. The number of hydrogen-bond donors (Lipinski definition) is 2. The van der Waals surface area contributed by atoms with Crippen molar-refractivity contribution in [1.82, 2.24) is 14.7 Å². The van der Waals surface area contributed by atoms with Crippen molar-refractivity contribution in [2.45, 2.75) is 57.9 Å². The first-order valence-electron chi connectivity index (χ1n) is 10.5. The number of fused-ring (bicyclic) bond motifs is 1. The quantitative estimate of drug-likeness (QED) is 0.854. The summed E-state index contributed by atoms with van der Waals surface area (Å²) >= 11 is 0. The zero-order valence-electron chi connectivity index (χ0n) is 16.2. The van der Waals surface area contributed by atoms with E-state index < -0.39 is 0 Å². The number of aromatic nitrogens is 2. The Morgan fingerprint density at radius 2 is 1.93 bits per heavy atom. The lowest BCUT2D eigenvalue weighted by atomic mass is 9.49. The predicted molar refractivity (Wildman–Crippen MR) is 105 cm³/mol. The Kier molecular flexibility index (Phi) is 4.04. The van der Waals surface area contributed by atoms with Crippen molar-refractivity contribution in [2.75, 3.05) is 6.54 Å². The summed E-state index contributed by atoms with van der Waals surface area (Å²) in [6.45, 7) is 2.80. The highest BCUT2D eigenvalue weighted by Gasteiger charge is 2.50. The van der Waals surface area contributed by atoms with Crippen LogP contribution in [0.2, 0.25) is 0 Å². The van der Waals surface area contributed by atoms with E-state index in [0.717, 1.165) is 42.1 Å². The molecule has 5 nitrogen and oxygen atoms in total. The van der Waals surface area contributed by atoms with Gasteiger partial charge in [0.1, 0.15) is 11.3 Å². The predicted octanol–water partition coefficient (Wildman–Crippen LogP) is 3.17. The van der Waals surface area contributed by atoms with E-state index in [2.05, 4.69) is 10.3 Å². The highest BCUT2D eigenvalue weighted by atomic mass is 16.1. The molecule has 3 N–H and O–H groups in total. The lowest BCUT2D eigenvalue weighted by molar-refractivity contribution is -0.0503. The van der Waals surface area contributed by atoms with E-state index in [0.29, 0.717) is 11.1 Å². The molecular formula is C22H30N4O. The minimum atomic E-state index is 0.0149. The molecule has 0 aliphatic heterocycles. The number of rotatable bonds is 5. The molecule has 2 heterocycles. The maximum Gasteiger partial charge on any atom is 0.268 e. The van der Waals surface area contributed by atoms with Gasteiger partial charge in [-0.3, -0.25) is 9.20 Å². The van der Waals surface area contributed by atoms with Gasteiger partial charge in [0.2, 0.25) is 0 Å². The molecule has 4 aliphatic carbocycles. The molecule has 4 saturated carbocycles. The molecule has 4 aliphatic rings. The first-order chi connectivity index (χ1) is 13.0. The van der Waals surface area contributed by atoms with Gasteiger partial charge in [0, 0.05) is 25.2 Å². The van der Waals surface area contributed by atoms with Gasteiger partial charge in [0.15, 0.2) is 0 Å². The van der Waals surface area contributed by atoms with Crippen molar-refractivity contribution in [3.8, 4) is 0 Å². The van der Waals surface area contributed by atoms with Crippen LogP contribution < -0.4 is 11.1 Å². The Bertz CT molecular complexity index is 833. The van der Waals surface area contributed by atoms with Crippen molar-refractivity contribution in [1.29, 1.82) is 0 Å². The van der Waals surface area contributed by atoms with Crippen LogP contribution in [-0.2, 0) is 6.42 Å². The maximum absolute atomic E-state index is 13.0. The van der Waals surface area contributed by atoms with Crippen molar-refractivity contribution in [2.24, 2.45) is 28.9 Å². The number of pyridine rings is 1. The van der Waals surface area contributed by atoms with Gasteiger partial charge < -0.3 is 11.1 Å². The molecule has 0 radical (unpaired) electrons. The van der Waals surface area contributed by atoms with Crippen LogP contribution in [0.25, 0.3) is 5.65 Å². The zero-order valence-corrected chi connectivity index (χ0v) is 16.2. The fraction of sp³-hybridized carbons (Fsp3) is 0.636. The number of carbonyl (C=O) groups excluding carboxylic acids is 1. The number of imidazole rings is 1. The average molecular weight is 367 g/mol. The number of hydrogen-bond acceptors (Lipinski definition) is 3. The summed E-state index contributed by atoms with van der Waals surface area (Å²) in [6.07, 6.45) is 10.9. The van der Waals surface area contributed by atoms with Crippen LogP contribution >= 0.6 is 0 Å². The molecule has 27 heavy (non-hydrogen) atoms. The number of carbonyl (C=O) groups is 1. The van der Waals surface area contributed by atoms with Crippen LogP contribution in [0, 0.1) is 23.2 Å². The summed E-state index contributed by atoms with van der Waals surface area (Å²) in [4.78, 5) is 17.6. The van der Waals surface area contributed by atoms with E-state index in [1.54, 1.807) is 0 Å². The van der Waals surface area contributed by atoms with E-state index in [1.165, 1.54) is 38.5 Å². The summed E-state index contributed by atoms with van der Waals surface area (Å²) in [7, 11) is 0. The minimum absolute atomic E-state index is 0.0149. The molecule has 0 spiro atoms. The van der Waals surface area contributed by atoms with E-state index in [9.17, 15) is 4.79 Å². The number of amides is 1. The second kappa shape index (κ2) is 6.33. The SMILES string of the molecule is CC(N)Cc1cn2c(C(=O)NCC34CC5CC(CC(C5)C3)C4)cccc2n1. The van der Waals surface area contributed by atoms with Gasteiger partial charge in [0.05, 0.1) is 5.69 Å². The van der Waals surface area contributed by atoms with E-state index in [1.807, 2.05) is 35.7 Å². The average Bonchev–Trinajstić information content (AvgIpc) is 3.00. The van der Waals surface area contributed by atoms with Gasteiger partial charge in [-0.25, -0.2) is 4.98 Å². The monoisotopic (exact) mass is 366 g/mol. The fourth-order valence-electron chi connectivity index (χ4n) is 6.54. The van der Waals surface area contributed by atoms with Crippen molar-refractivity contribution in [3.63, 3.8) is 0 Å². The minimum Gasteiger partial charge on any atom is -0.350 e. The Morgan fingerprint density at radius 3 is 2.56 bits per heavy atom. The second-order valence-electron chi connectivity index (χ2n) is 9.65. The van der Waals surface area contributed by atoms with Gasteiger partial charge >= 0.3 is 0 Å². The van der Waals surface area contributed by atoms with Gasteiger partial charge in [-0.2, -0.15) is 0 Å². The standard InChI is InChI=1S/C22H30N4O/c1-14(23)5-18-12-26-19(3-2-4-20(26)25-18)21(27)24-13-22-9-15-6-16(10-22)8-17(7-15)11-22/h2-4,12,14-17H,5-11,13,23H2,1H3,(H,24,27). The first-order valence-corrected chi connectivity index (χ1v) is 10.5. The van der Waals surface area contributed by atoms with Crippen LogP contribution in [0.3, 0.4) is 0 Å². The maximum atomic E-state index is 13.0. The smallest absolute Gasteiger partial charge is 0.268 e. The number of nitrogens with one attached hydrogen (secondary N) is 1. The summed E-state index contributed by atoms with van der Waals surface area (Å²) in [5.74, 6) is 2.74. The Balaban J connectivity index is 1.33.